The van der Waals surface area contributed by atoms with Crippen LogP contribution < -0.4 is 4.74 Å². The number of aliphatic hydroxyl groups is 1. The van der Waals surface area contributed by atoms with Crippen molar-refractivity contribution in [3.8, 4) is 17.0 Å². The van der Waals surface area contributed by atoms with Crippen LogP contribution in [0, 0.1) is 11.7 Å². The largest absolute Gasteiger partial charge is 0.472 e. The molecule has 8 nitrogen and oxygen atoms in total. The molecule has 1 aromatic heterocycles. The standard InChI is InChI=1S/C27H30FN3O5S/c1-18-15-31(19(2)17-32)27(33)24-13-21(20-8-7-9-22(28)12-20)14-29-26(24)36-25(18)16-30(3)37(34,35)23-10-5-4-6-11-23/h4-14,18-19,25,32H,15-17H2,1-3H3/t18-,19+,25-/m0/s1. The van der Waals surface area contributed by atoms with Gasteiger partial charge in [0.1, 0.15) is 17.5 Å². The number of hydrogen-bond acceptors (Lipinski definition) is 6. The van der Waals surface area contributed by atoms with Gasteiger partial charge < -0.3 is 14.7 Å². The van der Waals surface area contributed by atoms with Gasteiger partial charge in [-0.25, -0.2) is 17.8 Å². The highest BCUT2D eigenvalue weighted by atomic mass is 32.2. The molecule has 0 saturated heterocycles. The maximum Gasteiger partial charge on any atom is 0.259 e. The van der Waals surface area contributed by atoms with Crippen LogP contribution in [-0.2, 0) is 10.0 Å². The predicted octanol–water partition coefficient (Wildman–Crippen LogP) is 3.43. The van der Waals surface area contributed by atoms with Crippen LogP contribution in [0.4, 0.5) is 4.39 Å². The monoisotopic (exact) mass is 527 g/mol. The van der Waals surface area contributed by atoms with E-state index in [1.165, 1.54) is 41.8 Å². The summed E-state index contributed by atoms with van der Waals surface area (Å²) in [5, 5.41) is 9.84. The molecule has 1 aliphatic heterocycles. The highest BCUT2D eigenvalue weighted by Crippen LogP contribution is 2.31. The van der Waals surface area contributed by atoms with Crippen LogP contribution in [0.25, 0.3) is 11.1 Å². The number of ether oxygens (including phenoxy) is 1. The first-order chi connectivity index (χ1) is 17.6. The zero-order valence-electron chi connectivity index (χ0n) is 20.9. The molecule has 10 heteroatoms. The lowest BCUT2D eigenvalue weighted by Gasteiger charge is -2.37. The summed E-state index contributed by atoms with van der Waals surface area (Å²) in [6, 6.07) is 15.2. The summed E-state index contributed by atoms with van der Waals surface area (Å²) in [5.74, 6) is -1.02. The third-order valence-electron chi connectivity index (χ3n) is 6.57. The highest BCUT2D eigenvalue weighted by molar-refractivity contribution is 7.89. The maximum absolute atomic E-state index is 13.8. The lowest BCUT2D eigenvalue weighted by molar-refractivity contribution is 0.0373. The van der Waals surface area contributed by atoms with E-state index in [9.17, 15) is 22.7 Å². The summed E-state index contributed by atoms with van der Waals surface area (Å²) in [6.45, 7) is 3.59. The fraction of sp³-hybridized carbons (Fsp3) is 0.333. The molecule has 1 N–H and O–H groups in total. The minimum Gasteiger partial charge on any atom is -0.472 e. The Labute approximate surface area is 216 Å². The van der Waals surface area contributed by atoms with Crippen LogP contribution in [0.15, 0.2) is 71.8 Å². The Balaban J connectivity index is 1.72. The molecular formula is C27H30FN3O5S. The van der Waals surface area contributed by atoms with Gasteiger partial charge in [0.2, 0.25) is 15.9 Å². The van der Waals surface area contributed by atoms with Crippen molar-refractivity contribution in [1.29, 1.82) is 0 Å². The first-order valence-corrected chi connectivity index (χ1v) is 13.4. The molecular weight excluding hydrogens is 497 g/mol. The molecule has 0 saturated carbocycles. The molecule has 196 valence electrons. The van der Waals surface area contributed by atoms with Crippen molar-refractivity contribution in [3.63, 3.8) is 0 Å². The summed E-state index contributed by atoms with van der Waals surface area (Å²) in [4.78, 5) is 19.7. The van der Waals surface area contributed by atoms with E-state index < -0.39 is 28.0 Å². The molecule has 0 spiro atoms. The Hall–Kier alpha value is -3.34. The predicted molar refractivity (Wildman–Crippen MR) is 137 cm³/mol. The van der Waals surface area contributed by atoms with Crippen LogP contribution in [0.2, 0.25) is 0 Å². The molecule has 0 fully saturated rings. The van der Waals surface area contributed by atoms with E-state index in [0.717, 1.165) is 0 Å². The van der Waals surface area contributed by atoms with Crippen molar-refractivity contribution >= 4 is 15.9 Å². The molecule has 2 aromatic carbocycles. The van der Waals surface area contributed by atoms with Crippen molar-refractivity contribution in [2.75, 3.05) is 26.7 Å². The lowest BCUT2D eigenvalue weighted by atomic mass is 9.99. The van der Waals surface area contributed by atoms with Crippen LogP contribution in [0.1, 0.15) is 24.2 Å². The van der Waals surface area contributed by atoms with Crippen LogP contribution in [0.3, 0.4) is 0 Å². The van der Waals surface area contributed by atoms with E-state index >= 15 is 0 Å². The third-order valence-corrected chi connectivity index (χ3v) is 8.41. The fourth-order valence-corrected chi connectivity index (χ4v) is 5.47. The number of likely N-dealkylation sites (N-methyl/N-ethyl adjacent to an activating group) is 1. The zero-order valence-corrected chi connectivity index (χ0v) is 21.7. The molecule has 0 unspecified atom stereocenters. The quantitative estimate of drug-likeness (QED) is 0.506. The number of hydrogen-bond donors (Lipinski definition) is 1. The van der Waals surface area contributed by atoms with Gasteiger partial charge in [0.05, 0.1) is 24.1 Å². The molecule has 3 aromatic rings. The fourth-order valence-electron chi connectivity index (χ4n) is 4.27. The number of rotatable bonds is 7. The zero-order chi connectivity index (χ0) is 26.7. The summed E-state index contributed by atoms with van der Waals surface area (Å²) >= 11 is 0. The van der Waals surface area contributed by atoms with E-state index in [1.54, 1.807) is 48.2 Å². The van der Waals surface area contributed by atoms with Crippen molar-refractivity contribution in [2.24, 2.45) is 5.92 Å². The number of fused-ring (bicyclic) bond motifs is 1. The number of carbonyl (C=O) groups is 1. The molecule has 1 amide bonds. The van der Waals surface area contributed by atoms with Crippen LogP contribution >= 0.6 is 0 Å². The topological polar surface area (TPSA) is 100 Å². The summed E-state index contributed by atoms with van der Waals surface area (Å²) in [5.41, 5.74) is 1.23. The third kappa shape index (κ3) is 5.66. The van der Waals surface area contributed by atoms with Gasteiger partial charge in [0, 0.05) is 31.3 Å². The smallest absolute Gasteiger partial charge is 0.259 e. The average Bonchev–Trinajstić information content (AvgIpc) is 2.90. The van der Waals surface area contributed by atoms with E-state index in [4.69, 9.17) is 4.74 Å². The Morgan fingerprint density at radius 2 is 1.89 bits per heavy atom. The van der Waals surface area contributed by atoms with E-state index in [0.29, 0.717) is 11.1 Å². The molecule has 1 aliphatic rings. The minimum atomic E-state index is -3.78. The molecule has 0 aliphatic carbocycles. The summed E-state index contributed by atoms with van der Waals surface area (Å²) < 4.78 is 47.5. The second-order valence-electron chi connectivity index (χ2n) is 9.31. The number of nitrogens with zero attached hydrogens (tertiary/aromatic N) is 3. The number of aliphatic hydroxyl groups excluding tert-OH is 1. The van der Waals surface area contributed by atoms with Gasteiger partial charge >= 0.3 is 0 Å². The van der Waals surface area contributed by atoms with Gasteiger partial charge in [-0.05, 0) is 42.8 Å². The Morgan fingerprint density at radius 3 is 2.57 bits per heavy atom. The molecule has 37 heavy (non-hydrogen) atoms. The number of aromatic nitrogens is 1. The average molecular weight is 528 g/mol. The molecule has 2 heterocycles. The van der Waals surface area contributed by atoms with Crippen molar-refractivity contribution in [3.05, 3.63) is 78.2 Å². The molecule has 4 rings (SSSR count). The van der Waals surface area contributed by atoms with Gasteiger partial charge in [-0.3, -0.25) is 4.79 Å². The Kier molecular flexibility index (Phi) is 7.91. The van der Waals surface area contributed by atoms with E-state index in [-0.39, 0.29) is 47.9 Å². The maximum atomic E-state index is 13.8. The number of carbonyl (C=O) groups excluding carboxylic acids is 1. The summed E-state index contributed by atoms with van der Waals surface area (Å²) in [7, 11) is -2.29. The van der Waals surface area contributed by atoms with Crippen LogP contribution in [-0.4, -0.2) is 72.5 Å². The molecule has 0 bridgehead atoms. The van der Waals surface area contributed by atoms with Gasteiger partial charge in [0.15, 0.2) is 0 Å². The number of amides is 1. The first kappa shape index (κ1) is 26.7. The van der Waals surface area contributed by atoms with Gasteiger partial charge in [-0.1, -0.05) is 37.3 Å². The molecule has 0 radical (unpaired) electrons. The Bertz CT molecular complexity index is 1370. The van der Waals surface area contributed by atoms with E-state index in [2.05, 4.69) is 4.98 Å². The number of benzene rings is 2. The van der Waals surface area contributed by atoms with Gasteiger partial charge in [0.25, 0.3) is 5.91 Å². The SMILES string of the molecule is C[C@H](CO)N1C[C@H](C)[C@H](CN(C)S(=O)(=O)c2ccccc2)Oc2ncc(-c3cccc(F)c3)cc2C1=O. The van der Waals surface area contributed by atoms with Crippen molar-refractivity contribution < 1.29 is 27.4 Å². The summed E-state index contributed by atoms with van der Waals surface area (Å²) in [6.07, 6.45) is 0.852. The molecule has 3 atom stereocenters. The minimum absolute atomic E-state index is 0.0146. The second kappa shape index (κ2) is 11.0. The van der Waals surface area contributed by atoms with Crippen molar-refractivity contribution in [2.45, 2.75) is 30.9 Å². The lowest BCUT2D eigenvalue weighted by Crippen LogP contribution is -2.50. The highest BCUT2D eigenvalue weighted by Gasteiger charge is 2.36. The van der Waals surface area contributed by atoms with Gasteiger partial charge in [-0.15, -0.1) is 0 Å². The van der Waals surface area contributed by atoms with Gasteiger partial charge in [-0.2, -0.15) is 4.31 Å². The number of halogens is 1. The van der Waals surface area contributed by atoms with E-state index in [1.807, 2.05) is 6.92 Å². The second-order valence-corrected chi connectivity index (χ2v) is 11.4. The van der Waals surface area contributed by atoms with Crippen molar-refractivity contribution in [1.82, 2.24) is 14.2 Å². The normalized spacial score (nSPS) is 19.1. The first-order valence-electron chi connectivity index (χ1n) is 12.0. The van der Waals surface area contributed by atoms with Crippen LogP contribution in [0.5, 0.6) is 5.88 Å². The number of sulfonamides is 1. The number of pyridine rings is 1. The Morgan fingerprint density at radius 1 is 1.16 bits per heavy atom.